The minimum absolute atomic E-state index is 0.113. The first-order chi connectivity index (χ1) is 13.3. The van der Waals surface area contributed by atoms with E-state index in [4.69, 9.17) is 11.6 Å². The van der Waals surface area contributed by atoms with E-state index in [0.717, 1.165) is 22.5 Å². The van der Waals surface area contributed by atoms with Crippen molar-refractivity contribution in [3.63, 3.8) is 0 Å². The highest BCUT2D eigenvalue weighted by Gasteiger charge is 2.23. The molecule has 0 amide bonds. The third-order valence-corrected chi connectivity index (χ3v) is 6.81. The molecule has 148 valence electrons. The van der Waals surface area contributed by atoms with Gasteiger partial charge in [-0.1, -0.05) is 17.7 Å². The van der Waals surface area contributed by atoms with E-state index in [2.05, 4.69) is 10.2 Å². The minimum Gasteiger partial charge on any atom is -0.282 e. The SMILES string of the molecule is Cc1ccc(S(=O)(=O)N(C)CCCc2cc(-c3ccc(F)cc3)n[nH]2)c(Cl)c1. The van der Waals surface area contributed by atoms with Gasteiger partial charge in [-0.3, -0.25) is 5.10 Å². The molecule has 3 aromatic rings. The number of aryl methyl sites for hydroxylation is 2. The fourth-order valence-corrected chi connectivity index (χ4v) is 4.63. The van der Waals surface area contributed by atoms with Gasteiger partial charge in [-0.15, -0.1) is 0 Å². The van der Waals surface area contributed by atoms with E-state index in [9.17, 15) is 12.8 Å². The quantitative estimate of drug-likeness (QED) is 0.613. The van der Waals surface area contributed by atoms with Crippen LogP contribution in [0.15, 0.2) is 53.4 Å². The maximum atomic E-state index is 13.0. The van der Waals surface area contributed by atoms with Crippen LogP contribution in [0.25, 0.3) is 11.3 Å². The Hall–Kier alpha value is -2.22. The van der Waals surface area contributed by atoms with Crippen LogP contribution in [0.2, 0.25) is 5.02 Å². The van der Waals surface area contributed by atoms with E-state index >= 15 is 0 Å². The summed E-state index contributed by atoms with van der Waals surface area (Å²) in [6.45, 7) is 2.20. The number of rotatable bonds is 7. The summed E-state index contributed by atoms with van der Waals surface area (Å²) in [6, 6.07) is 12.9. The molecule has 0 bridgehead atoms. The van der Waals surface area contributed by atoms with Crippen molar-refractivity contribution in [2.45, 2.75) is 24.7 Å². The molecule has 0 unspecified atom stereocenters. The summed E-state index contributed by atoms with van der Waals surface area (Å²) < 4.78 is 39.8. The minimum atomic E-state index is -3.64. The van der Waals surface area contributed by atoms with Crippen LogP contribution in [0.4, 0.5) is 4.39 Å². The second kappa shape index (κ2) is 8.43. The number of nitrogens with zero attached hydrogens (tertiary/aromatic N) is 2. The molecule has 3 rings (SSSR count). The van der Waals surface area contributed by atoms with Gasteiger partial charge in [0, 0.05) is 24.8 Å². The highest BCUT2D eigenvalue weighted by atomic mass is 35.5. The van der Waals surface area contributed by atoms with Gasteiger partial charge in [0.2, 0.25) is 10.0 Å². The van der Waals surface area contributed by atoms with Crippen molar-refractivity contribution in [2.75, 3.05) is 13.6 Å². The largest absolute Gasteiger partial charge is 0.282 e. The Morgan fingerprint density at radius 1 is 1.14 bits per heavy atom. The number of hydrogen-bond acceptors (Lipinski definition) is 3. The lowest BCUT2D eigenvalue weighted by atomic mass is 10.1. The van der Waals surface area contributed by atoms with Gasteiger partial charge in [0.1, 0.15) is 10.7 Å². The van der Waals surface area contributed by atoms with Crippen LogP contribution < -0.4 is 0 Å². The second-order valence-corrected chi connectivity index (χ2v) is 9.07. The average molecular weight is 422 g/mol. The van der Waals surface area contributed by atoms with Gasteiger partial charge in [0.15, 0.2) is 0 Å². The summed E-state index contributed by atoms with van der Waals surface area (Å²) in [7, 11) is -2.10. The summed E-state index contributed by atoms with van der Waals surface area (Å²) in [5.41, 5.74) is 3.33. The molecule has 0 spiro atoms. The Bertz CT molecular complexity index is 1070. The predicted octanol–water partition coefficient (Wildman–Crippen LogP) is 4.43. The van der Waals surface area contributed by atoms with E-state index in [1.165, 1.54) is 22.5 Å². The third-order valence-electron chi connectivity index (χ3n) is 4.47. The molecule has 0 saturated carbocycles. The molecule has 0 saturated heterocycles. The molecule has 1 N–H and O–H groups in total. The van der Waals surface area contributed by atoms with E-state index in [0.29, 0.717) is 19.4 Å². The van der Waals surface area contributed by atoms with Gasteiger partial charge in [-0.05, 0) is 67.8 Å². The van der Waals surface area contributed by atoms with Crippen LogP contribution in [0.5, 0.6) is 0 Å². The molecule has 5 nitrogen and oxygen atoms in total. The average Bonchev–Trinajstić information content (AvgIpc) is 3.10. The lowest BCUT2D eigenvalue weighted by Gasteiger charge is -2.18. The van der Waals surface area contributed by atoms with Crippen molar-refractivity contribution in [1.82, 2.24) is 14.5 Å². The molecular formula is C20H21ClFN3O2S. The molecule has 2 aromatic carbocycles. The summed E-state index contributed by atoms with van der Waals surface area (Å²) >= 11 is 6.12. The predicted molar refractivity (Wildman–Crippen MR) is 108 cm³/mol. The zero-order valence-corrected chi connectivity index (χ0v) is 17.2. The van der Waals surface area contributed by atoms with Gasteiger partial charge >= 0.3 is 0 Å². The summed E-state index contributed by atoms with van der Waals surface area (Å²) in [5.74, 6) is -0.294. The zero-order valence-electron chi connectivity index (χ0n) is 15.6. The first-order valence-corrected chi connectivity index (χ1v) is 10.6. The van der Waals surface area contributed by atoms with Crippen molar-refractivity contribution in [1.29, 1.82) is 0 Å². The number of benzene rings is 2. The Morgan fingerprint density at radius 3 is 2.54 bits per heavy atom. The third kappa shape index (κ3) is 4.60. The lowest BCUT2D eigenvalue weighted by Crippen LogP contribution is -2.28. The first kappa shape index (κ1) is 20.5. The molecule has 0 atom stereocenters. The molecule has 0 aliphatic rings. The standard InChI is InChI=1S/C20H21ClFN3O2S/c1-14-5-10-20(18(21)12-14)28(26,27)25(2)11-3-4-17-13-19(24-23-17)15-6-8-16(22)9-7-15/h5-10,12-13H,3-4,11H2,1-2H3,(H,23,24). The van der Waals surface area contributed by atoms with Gasteiger partial charge in [-0.25, -0.2) is 17.1 Å². The number of aromatic amines is 1. The smallest absolute Gasteiger partial charge is 0.244 e. The van der Waals surface area contributed by atoms with Crippen molar-refractivity contribution >= 4 is 21.6 Å². The van der Waals surface area contributed by atoms with Gasteiger partial charge in [0.05, 0.1) is 10.7 Å². The fraction of sp³-hybridized carbons (Fsp3) is 0.250. The van der Waals surface area contributed by atoms with Crippen LogP contribution in [0, 0.1) is 12.7 Å². The van der Waals surface area contributed by atoms with Crippen molar-refractivity contribution in [2.24, 2.45) is 0 Å². The lowest BCUT2D eigenvalue weighted by molar-refractivity contribution is 0.460. The molecule has 0 radical (unpaired) electrons. The molecule has 0 fully saturated rings. The normalized spacial score (nSPS) is 11.9. The summed E-state index contributed by atoms with van der Waals surface area (Å²) in [6.07, 6.45) is 1.25. The maximum Gasteiger partial charge on any atom is 0.244 e. The monoisotopic (exact) mass is 421 g/mol. The number of aromatic nitrogens is 2. The van der Waals surface area contributed by atoms with Crippen molar-refractivity contribution < 1.29 is 12.8 Å². The van der Waals surface area contributed by atoms with Crippen molar-refractivity contribution in [3.8, 4) is 11.3 Å². The van der Waals surface area contributed by atoms with Crippen molar-refractivity contribution in [3.05, 3.63) is 70.6 Å². The highest BCUT2D eigenvalue weighted by molar-refractivity contribution is 7.89. The Morgan fingerprint density at radius 2 is 1.86 bits per heavy atom. The maximum absolute atomic E-state index is 13.0. The Labute approximate surface area is 169 Å². The Kier molecular flexibility index (Phi) is 6.17. The number of sulfonamides is 1. The number of halogens is 2. The number of hydrogen-bond donors (Lipinski definition) is 1. The molecule has 28 heavy (non-hydrogen) atoms. The molecule has 0 aliphatic carbocycles. The van der Waals surface area contributed by atoms with Gasteiger partial charge in [-0.2, -0.15) is 5.10 Å². The second-order valence-electron chi connectivity index (χ2n) is 6.65. The van der Waals surface area contributed by atoms with E-state index < -0.39 is 10.0 Å². The van der Waals surface area contributed by atoms with Crippen LogP contribution in [0.3, 0.4) is 0 Å². The molecule has 1 heterocycles. The topological polar surface area (TPSA) is 66.1 Å². The fourth-order valence-electron chi connectivity index (χ4n) is 2.85. The first-order valence-electron chi connectivity index (χ1n) is 8.80. The van der Waals surface area contributed by atoms with Crippen LogP contribution in [-0.4, -0.2) is 36.5 Å². The Balaban J connectivity index is 1.61. The van der Waals surface area contributed by atoms with Crippen LogP contribution in [0.1, 0.15) is 17.7 Å². The van der Waals surface area contributed by atoms with Crippen LogP contribution in [-0.2, 0) is 16.4 Å². The van der Waals surface area contributed by atoms with Gasteiger partial charge < -0.3 is 0 Å². The van der Waals surface area contributed by atoms with Gasteiger partial charge in [0.25, 0.3) is 0 Å². The van der Waals surface area contributed by atoms with E-state index in [1.807, 2.05) is 13.0 Å². The number of nitrogens with one attached hydrogen (secondary N) is 1. The molecule has 0 aliphatic heterocycles. The number of H-pyrrole nitrogens is 1. The summed E-state index contributed by atoms with van der Waals surface area (Å²) in [4.78, 5) is 0.113. The molecular weight excluding hydrogens is 401 g/mol. The molecule has 8 heteroatoms. The van der Waals surface area contributed by atoms with E-state index in [-0.39, 0.29) is 15.7 Å². The van der Waals surface area contributed by atoms with Crippen LogP contribution >= 0.6 is 11.6 Å². The summed E-state index contributed by atoms with van der Waals surface area (Å²) in [5, 5.41) is 7.41. The highest BCUT2D eigenvalue weighted by Crippen LogP contribution is 2.25. The molecule has 1 aromatic heterocycles. The zero-order chi connectivity index (χ0) is 20.3. The van der Waals surface area contributed by atoms with E-state index in [1.54, 1.807) is 31.3 Å².